The van der Waals surface area contributed by atoms with Gasteiger partial charge in [-0.1, -0.05) is 25.1 Å². The Bertz CT molecular complexity index is 1110. The number of benzene rings is 2. The van der Waals surface area contributed by atoms with Crippen LogP contribution in [0.25, 0.3) is 0 Å². The summed E-state index contributed by atoms with van der Waals surface area (Å²) >= 11 is 0. The summed E-state index contributed by atoms with van der Waals surface area (Å²) in [4.78, 5) is 39.4. The normalized spacial score (nSPS) is 22.6. The molecular formula is C29H35NO4. The summed E-state index contributed by atoms with van der Waals surface area (Å²) in [7, 11) is 1.64. The van der Waals surface area contributed by atoms with E-state index in [2.05, 4.69) is 12.2 Å². The van der Waals surface area contributed by atoms with E-state index < -0.39 is 0 Å². The Hall–Kier alpha value is -2.95. The minimum Gasteiger partial charge on any atom is -0.496 e. The molecule has 0 spiro atoms. The first-order chi connectivity index (χ1) is 16.3. The molecule has 0 saturated heterocycles. The van der Waals surface area contributed by atoms with E-state index in [4.69, 9.17) is 4.74 Å². The molecule has 180 valence electrons. The molecule has 0 heterocycles. The third-order valence-corrected chi connectivity index (χ3v) is 7.81. The Labute approximate surface area is 202 Å². The van der Waals surface area contributed by atoms with E-state index >= 15 is 0 Å². The second-order valence-corrected chi connectivity index (χ2v) is 9.86. The average Bonchev–Trinajstić information content (AvgIpc) is 2.98. The van der Waals surface area contributed by atoms with Crippen LogP contribution in [0.5, 0.6) is 5.75 Å². The maximum Gasteiger partial charge on any atom is 0.227 e. The van der Waals surface area contributed by atoms with E-state index in [1.807, 2.05) is 44.2 Å². The molecule has 1 N–H and O–H groups in total. The van der Waals surface area contributed by atoms with Crippen molar-refractivity contribution >= 4 is 23.2 Å². The molecule has 2 aromatic rings. The maximum atomic E-state index is 13.6. The van der Waals surface area contributed by atoms with Crippen molar-refractivity contribution in [2.45, 2.75) is 65.7 Å². The van der Waals surface area contributed by atoms with E-state index in [0.717, 1.165) is 60.2 Å². The number of ketones is 2. The van der Waals surface area contributed by atoms with E-state index in [0.29, 0.717) is 24.0 Å². The molecule has 4 rings (SSSR count). The van der Waals surface area contributed by atoms with Crippen LogP contribution in [-0.4, -0.2) is 24.6 Å². The van der Waals surface area contributed by atoms with Crippen LogP contribution in [0.4, 0.5) is 5.69 Å². The Morgan fingerprint density at radius 1 is 0.971 bits per heavy atom. The zero-order valence-electron chi connectivity index (χ0n) is 20.7. The highest BCUT2D eigenvalue weighted by molar-refractivity contribution is 6.13. The van der Waals surface area contributed by atoms with Gasteiger partial charge in [0.05, 0.1) is 7.11 Å². The molecule has 5 nitrogen and oxygen atoms in total. The molecule has 0 aromatic heterocycles. The van der Waals surface area contributed by atoms with Crippen molar-refractivity contribution in [3.63, 3.8) is 0 Å². The third-order valence-electron chi connectivity index (χ3n) is 7.81. The molecule has 2 aromatic carbocycles. The zero-order valence-corrected chi connectivity index (χ0v) is 20.7. The standard InChI is InChI=1S/C29H35NO4/c1-5-19-12-13-22(16-25(19)34-4)30-29(33)21-10-8-20(9-11-21)23-14-15-24(31)26-17(2)6-7-18(3)27(26)28(23)32/h6-7,12-13,16,20-21,23H,5,8-11,14-15H2,1-4H3,(H,30,33). The highest BCUT2D eigenvalue weighted by Crippen LogP contribution is 2.40. The Morgan fingerprint density at radius 3 is 2.29 bits per heavy atom. The number of hydrogen-bond acceptors (Lipinski definition) is 4. The number of ether oxygens (including phenoxy) is 1. The van der Waals surface area contributed by atoms with Gasteiger partial charge in [0.25, 0.3) is 0 Å². The number of carbonyl (C=O) groups is 3. The largest absolute Gasteiger partial charge is 0.496 e. The molecule has 1 atom stereocenters. The second kappa shape index (κ2) is 10.1. The van der Waals surface area contributed by atoms with Crippen LogP contribution in [0, 0.1) is 31.6 Å². The van der Waals surface area contributed by atoms with Crippen molar-refractivity contribution in [2.24, 2.45) is 17.8 Å². The van der Waals surface area contributed by atoms with Gasteiger partial charge in [0.1, 0.15) is 5.75 Å². The van der Waals surface area contributed by atoms with Gasteiger partial charge in [0.2, 0.25) is 5.91 Å². The smallest absolute Gasteiger partial charge is 0.227 e. The average molecular weight is 462 g/mol. The topological polar surface area (TPSA) is 72.5 Å². The molecule has 0 aliphatic heterocycles. The molecule has 1 amide bonds. The molecule has 1 saturated carbocycles. The summed E-state index contributed by atoms with van der Waals surface area (Å²) in [5.41, 5.74) is 4.91. The predicted octanol–water partition coefficient (Wildman–Crippen LogP) is 6.09. The van der Waals surface area contributed by atoms with Gasteiger partial charge in [-0.05, 0) is 81.0 Å². The molecule has 2 aliphatic rings. The molecule has 5 heteroatoms. The molecule has 0 radical (unpaired) electrons. The monoisotopic (exact) mass is 461 g/mol. The lowest BCUT2D eigenvalue weighted by Gasteiger charge is -2.32. The van der Waals surface area contributed by atoms with Crippen molar-refractivity contribution in [3.8, 4) is 5.75 Å². The number of fused-ring (bicyclic) bond motifs is 1. The first-order valence-corrected chi connectivity index (χ1v) is 12.5. The minimum atomic E-state index is -0.138. The van der Waals surface area contributed by atoms with Gasteiger partial charge in [-0.25, -0.2) is 0 Å². The van der Waals surface area contributed by atoms with Crippen LogP contribution in [0.15, 0.2) is 30.3 Å². The molecule has 0 bridgehead atoms. The molecular weight excluding hydrogens is 426 g/mol. The molecule has 2 aliphatic carbocycles. The van der Waals surface area contributed by atoms with Crippen LogP contribution in [0.1, 0.15) is 82.9 Å². The lowest BCUT2D eigenvalue weighted by Crippen LogP contribution is -2.32. The number of hydrogen-bond donors (Lipinski definition) is 1. The maximum absolute atomic E-state index is 13.6. The van der Waals surface area contributed by atoms with Crippen molar-refractivity contribution in [1.29, 1.82) is 0 Å². The van der Waals surface area contributed by atoms with Gasteiger partial charge in [-0.3, -0.25) is 14.4 Å². The molecule has 1 fully saturated rings. The fourth-order valence-corrected chi connectivity index (χ4v) is 5.81. The summed E-state index contributed by atoms with van der Waals surface area (Å²) in [5.74, 6) is 1.05. The number of anilines is 1. The summed E-state index contributed by atoms with van der Waals surface area (Å²) in [5, 5.41) is 3.05. The number of Topliss-reactive ketones (excluding diaryl/α,β-unsaturated/α-hetero) is 2. The van der Waals surface area contributed by atoms with Crippen molar-refractivity contribution in [3.05, 3.63) is 58.1 Å². The second-order valence-electron chi connectivity index (χ2n) is 9.86. The Balaban J connectivity index is 1.42. The van der Waals surface area contributed by atoms with Gasteiger partial charge in [-0.2, -0.15) is 0 Å². The lowest BCUT2D eigenvalue weighted by atomic mass is 9.72. The van der Waals surface area contributed by atoms with Gasteiger partial charge in [0.15, 0.2) is 11.6 Å². The van der Waals surface area contributed by atoms with Crippen LogP contribution in [0.3, 0.4) is 0 Å². The van der Waals surface area contributed by atoms with Crippen LogP contribution >= 0.6 is 0 Å². The summed E-state index contributed by atoms with van der Waals surface area (Å²) in [6, 6.07) is 9.69. The van der Waals surface area contributed by atoms with Gasteiger partial charge < -0.3 is 10.1 Å². The predicted molar refractivity (Wildman–Crippen MR) is 134 cm³/mol. The first-order valence-electron chi connectivity index (χ1n) is 12.5. The van der Waals surface area contributed by atoms with Crippen molar-refractivity contribution in [2.75, 3.05) is 12.4 Å². The zero-order chi connectivity index (χ0) is 24.4. The molecule has 34 heavy (non-hydrogen) atoms. The van der Waals surface area contributed by atoms with Crippen LogP contribution in [-0.2, 0) is 11.2 Å². The Morgan fingerprint density at radius 2 is 1.65 bits per heavy atom. The lowest BCUT2D eigenvalue weighted by molar-refractivity contribution is -0.121. The third kappa shape index (κ3) is 4.66. The molecule has 1 unspecified atom stereocenters. The summed E-state index contributed by atoms with van der Waals surface area (Å²) in [6.45, 7) is 5.92. The summed E-state index contributed by atoms with van der Waals surface area (Å²) < 4.78 is 5.45. The number of methoxy groups -OCH3 is 1. The van der Waals surface area contributed by atoms with Gasteiger partial charge >= 0.3 is 0 Å². The fraction of sp³-hybridized carbons (Fsp3) is 0.483. The van der Waals surface area contributed by atoms with E-state index in [-0.39, 0.29) is 35.2 Å². The first kappa shape index (κ1) is 24.2. The number of carbonyl (C=O) groups excluding carboxylic acids is 3. The van der Waals surface area contributed by atoms with Crippen molar-refractivity contribution in [1.82, 2.24) is 0 Å². The quantitative estimate of drug-likeness (QED) is 0.547. The van der Waals surface area contributed by atoms with Crippen LogP contribution < -0.4 is 10.1 Å². The summed E-state index contributed by atoms with van der Waals surface area (Å²) in [6.07, 6.45) is 5.09. The van der Waals surface area contributed by atoms with E-state index in [9.17, 15) is 14.4 Å². The number of amides is 1. The number of aryl methyl sites for hydroxylation is 3. The SMILES string of the molecule is CCc1ccc(NC(=O)C2CCC(C3CCC(=O)c4c(C)ccc(C)c4C3=O)CC2)cc1OC. The highest BCUT2D eigenvalue weighted by atomic mass is 16.5. The van der Waals surface area contributed by atoms with Gasteiger partial charge in [0, 0.05) is 41.1 Å². The Kier molecular flexibility index (Phi) is 7.20. The van der Waals surface area contributed by atoms with E-state index in [1.54, 1.807) is 7.11 Å². The van der Waals surface area contributed by atoms with E-state index in [1.165, 1.54) is 0 Å². The van der Waals surface area contributed by atoms with Gasteiger partial charge in [-0.15, -0.1) is 0 Å². The minimum absolute atomic E-state index is 0.0314. The highest BCUT2D eigenvalue weighted by Gasteiger charge is 2.38. The number of rotatable bonds is 5. The van der Waals surface area contributed by atoms with Crippen LogP contribution in [0.2, 0.25) is 0 Å². The van der Waals surface area contributed by atoms with Crippen molar-refractivity contribution < 1.29 is 19.1 Å². The number of nitrogens with one attached hydrogen (secondary N) is 1. The fourth-order valence-electron chi connectivity index (χ4n) is 5.81.